The van der Waals surface area contributed by atoms with E-state index in [1.807, 2.05) is 19.1 Å². The Bertz CT molecular complexity index is 1690. The molecule has 1 saturated carbocycles. The van der Waals surface area contributed by atoms with Crippen LogP contribution in [0.1, 0.15) is 61.5 Å². The number of H-pyrrole nitrogens is 1. The molecule has 1 saturated heterocycles. The highest BCUT2D eigenvalue weighted by Crippen LogP contribution is 2.40. The van der Waals surface area contributed by atoms with Crippen LogP contribution >= 0.6 is 11.6 Å². The molecule has 3 heterocycles. The number of likely N-dealkylation sites (tertiary alicyclic amines) is 1. The molecule has 3 N–H and O–H groups in total. The summed E-state index contributed by atoms with van der Waals surface area (Å²) >= 11 is 6.22. The Kier molecular flexibility index (Phi) is 8.65. The first kappa shape index (κ1) is 31.4. The predicted octanol–water partition coefficient (Wildman–Crippen LogP) is 3.75. The van der Waals surface area contributed by atoms with E-state index in [1.165, 1.54) is 19.1 Å². The normalized spacial score (nSPS) is 21.1. The molecule has 46 heavy (non-hydrogen) atoms. The minimum atomic E-state index is -1.03. The monoisotopic (exact) mass is 649 g/mol. The van der Waals surface area contributed by atoms with Crippen molar-refractivity contribution in [3.63, 3.8) is 0 Å². The Labute approximate surface area is 270 Å². The fourth-order valence-electron chi connectivity index (χ4n) is 6.13. The van der Waals surface area contributed by atoms with Gasteiger partial charge in [-0.15, -0.1) is 0 Å². The van der Waals surface area contributed by atoms with Crippen LogP contribution in [0.3, 0.4) is 0 Å². The summed E-state index contributed by atoms with van der Waals surface area (Å²) in [5.41, 5.74) is 1.34. The maximum atomic E-state index is 14.2. The number of benzene rings is 2. The van der Waals surface area contributed by atoms with Gasteiger partial charge in [-0.1, -0.05) is 42.2 Å². The molecule has 3 aromatic rings. The van der Waals surface area contributed by atoms with Crippen LogP contribution in [0.4, 0.5) is 0 Å². The lowest BCUT2D eigenvalue weighted by Crippen LogP contribution is -2.53. The van der Waals surface area contributed by atoms with Gasteiger partial charge in [0.1, 0.15) is 11.7 Å². The molecule has 3 aliphatic rings. The van der Waals surface area contributed by atoms with E-state index in [-0.39, 0.29) is 31.1 Å². The van der Waals surface area contributed by atoms with Gasteiger partial charge in [-0.2, -0.15) is 0 Å². The second-order valence-corrected chi connectivity index (χ2v) is 12.5. The van der Waals surface area contributed by atoms with Gasteiger partial charge < -0.3 is 34.8 Å². The van der Waals surface area contributed by atoms with Crippen molar-refractivity contribution in [2.45, 2.75) is 69.2 Å². The van der Waals surface area contributed by atoms with Crippen LogP contribution in [-0.4, -0.2) is 83.6 Å². The van der Waals surface area contributed by atoms with Crippen molar-refractivity contribution in [3.05, 3.63) is 58.7 Å². The molecule has 3 atom stereocenters. The number of carbonyl (C=O) groups is 4. The first-order chi connectivity index (χ1) is 22.1. The number of aromatic amines is 1. The highest BCUT2D eigenvalue weighted by atomic mass is 35.5. The number of ketones is 1. The first-order valence-electron chi connectivity index (χ1n) is 15.4. The quantitative estimate of drug-likeness (QED) is 0.268. The number of aromatic nitrogens is 1. The Balaban J connectivity index is 1.28. The third-order valence-electron chi connectivity index (χ3n) is 8.66. The highest BCUT2D eigenvalue weighted by Gasteiger charge is 2.54. The lowest BCUT2D eigenvalue weighted by Gasteiger charge is -2.25. The number of rotatable bonds is 11. The lowest BCUT2D eigenvalue weighted by molar-refractivity contribution is -0.140. The molecule has 6 rings (SSSR count). The van der Waals surface area contributed by atoms with Gasteiger partial charge in [0.25, 0.3) is 11.8 Å². The van der Waals surface area contributed by atoms with Crippen molar-refractivity contribution in [2.24, 2.45) is 5.16 Å². The van der Waals surface area contributed by atoms with Crippen molar-refractivity contribution in [1.29, 1.82) is 0 Å². The maximum absolute atomic E-state index is 14.2. The number of oxime groups is 1. The van der Waals surface area contributed by atoms with E-state index in [0.717, 1.165) is 23.8 Å². The predicted molar refractivity (Wildman–Crippen MR) is 170 cm³/mol. The summed E-state index contributed by atoms with van der Waals surface area (Å²) in [6.07, 6.45) is 2.96. The minimum absolute atomic E-state index is 0.00156. The molecule has 2 fully saturated rings. The summed E-state index contributed by atoms with van der Waals surface area (Å²) in [4.78, 5) is 64.4. The molecule has 3 amide bonds. The molecule has 242 valence electrons. The second kappa shape index (κ2) is 12.7. The molecule has 2 aromatic carbocycles. The molecule has 1 spiro atoms. The van der Waals surface area contributed by atoms with Crippen molar-refractivity contribution >= 4 is 51.7 Å². The topological polar surface area (TPSA) is 151 Å². The third-order valence-corrected chi connectivity index (χ3v) is 8.90. The number of methoxy groups -OCH3 is 2. The van der Waals surface area contributed by atoms with Crippen molar-refractivity contribution in [3.8, 4) is 11.5 Å². The van der Waals surface area contributed by atoms with Gasteiger partial charge in [-0.3, -0.25) is 19.2 Å². The maximum Gasteiger partial charge on any atom is 0.289 e. The van der Waals surface area contributed by atoms with E-state index in [0.29, 0.717) is 40.6 Å². The van der Waals surface area contributed by atoms with Crippen LogP contribution in [0.2, 0.25) is 5.02 Å². The number of hydrogen-bond donors (Lipinski definition) is 3. The Morgan fingerprint density at radius 1 is 1.13 bits per heavy atom. The van der Waals surface area contributed by atoms with E-state index in [9.17, 15) is 19.2 Å². The molecular formula is C33H36ClN5O7. The summed E-state index contributed by atoms with van der Waals surface area (Å²) in [6.45, 7) is 1.93. The minimum Gasteiger partial charge on any atom is -0.493 e. The van der Waals surface area contributed by atoms with Gasteiger partial charge in [0.2, 0.25) is 11.7 Å². The molecule has 0 bridgehead atoms. The molecule has 0 radical (unpaired) electrons. The van der Waals surface area contributed by atoms with E-state index in [2.05, 4.69) is 20.8 Å². The molecule has 1 aliphatic carbocycles. The Hall–Kier alpha value is -4.58. The molecule has 1 aromatic heterocycles. The number of amides is 3. The van der Waals surface area contributed by atoms with Gasteiger partial charge in [-0.25, -0.2) is 0 Å². The molecule has 13 heteroatoms. The number of ether oxygens (including phenoxy) is 2. The fraction of sp³-hybridized carbons (Fsp3) is 0.424. The van der Waals surface area contributed by atoms with Crippen molar-refractivity contribution in [1.82, 2.24) is 20.5 Å². The number of halogens is 1. The summed E-state index contributed by atoms with van der Waals surface area (Å²) in [5.74, 6) is -1.38. The number of nitrogens with zero attached hydrogens (tertiary/aromatic N) is 2. The van der Waals surface area contributed by atoms with Crippen LogP contribution in [-0.2, 0) is 19.2 Å². The Morgan fingerprint density at radius 2 is 1.89 bits per heavy atom. The fourth-order valence-corrected chi connectivity index (χ4v) is 6.32. The zero-order valence-electron chi connectivity index (χ0n) is 25.9. The van der Waals surface area contributed by atoms with E-state index < -0.39 is 41.2 Å². The average molecular weight is 650 g/mol. The van der Waals surface area contributed by atoms with Crippen LogP contribution in [0.15, 0.2) is 47.6 Å². The Morgan fingerprint density at radius 3 is 2.59 bits per heavy atom. The SMILES string of the molecule is CCC[C@H](NC(=O)[C@@H]1C[C@]2(CC(c3cccc(Cl)c3)=NO2)CN1C(=O)c1cc2cc(OC)c(OC)cc2[nH]1)C(=O)C(=O)NC1CC1. The summed E-state index contributed by atoms with van der Waals surface area (Å²) < 4.78 is 10.8. The lowest BCUT2D eigenvalue weighted by atomic mass is 9.91. The zero-order valence-corrected chi connectivity index (χ0v) is 26.6. The van der Waals surface area contributed by atoms with Crippen LogP contribution in [0.5, 0.6) is 11.5 Å². The molecule has 0 unspecified atom stereocenters. The summed E-state index contributed by atoms with van der Waals surface area (Å²) in [5, 5.41) is 11.1. The van der Waals surface area contributed by atoms with Gasteiger partial charge >= 0.3 is 0 Å². The van der Waals surface area contributed by atoms with E-state index in [1.54, 1.807) is 30.3 Å². The van der Waals surface area contributed by atoms with Gasteiger partial charge in [0.15, 0.2) is 17.1 Å². The van der Waals surface area contributed by atoms with Gasteiger partial charge in [0.05, 0.1) is 32.5 Å². The number of fused-ring (bicyclic) bond motifs is 1. The first-order valence-corrected chi connectivity index (χ1v) is 15.7. The van der Waals surface area contributed by atoms with Crippen molar-refractivity contribution < 1.29 is 33.5 Å². The number of nitrogens with one attached hydrogen (secondary N) is 3. The number of carbonyl (C=O) groups excluding carboxylic acids is 4. The number of hydrogen-bond acceptors (Lipinski definition) is 8. The van der Waals surface area contributed by atoms with Crippen LogP contribution in [0, 0.1) is 0 Å². The summed E-state index contributed by atoms with van der Waals surface area (Å²) in [7, 11) is 3.06. The third kappa shape index (κ3) is 6.26. The zero-order chi connectivity index (χ0) is 32.6. The van der Waals surface area contributed by atoms with Crippen LogP contribution in [0.25, 0.3) is 10.9 Å². The van der Waals surface area contributed by atoms with E-state index in [4.69, 9.17) is 25.9 Å². The second-order valence-electron chi connectivity index (χ2n) is 12.1. The van der Waals surface area contributed by atoms with Gasteiger partial charge in [-0.05, 0) is 43.5 Å². The average Bonchev–Trinajstić information content (AvgIpc) is 3.45. The standard InChI is InChI=1S/C33H36ClN5O7/c1-4-6-22(29(40)31(42)35-21-9-10-21)37-30(41)26-16-33(15-25(38-46-33)18-7-5-8-20(34)11-18)17-39(26)32(43)24-12-19-13-27(44-2)28(45-3)14-23(19)36-24/h5,7-8,11-14,21-22,26,36H,4,6,9-10,15-17H2,1-3H3,(H,35,42)(H,37,41)/t22-,26-,33+/m0/s1. The van der Waals surface area contributed by atoms with Gasteiger partial charge in [0, 0.05) is 46.4 Å². The van der Waals surface area contributed by atoms with Crippen LogP contribution < -0.4 is 20.1 Å². The highest BCUT2D eigenvalue weighted by molar-refractivity contribution is 6.38. The molecule has 2 aliphatic heterocycles. The smallest absolute Gasteiger partial charge is 0.289 e. The largest absolute Gasteiger partial charge is 0.493 e. The molecular weight excluding hydrogens is 614 g/mol. The van der Waals surface area contributed by atoms with Crippen molar-refractivity contribution in [2.75, 3.05) is 20.8 Å². The van der Waals surface area contributed by atoms with E-state index >= 15 is 0 Å². The molecule has 12 nitrogen and oxygen atoms in total. The number of Topliss-reactive ketones (excluding diaryl/α,β-unsaturated/α-hetero) is 1. The summed E-state index contributed by atoms with van der Waals surface area (Å²) in [6, 6.07) is 10.4.